The number of Topliss-reactive ketones (excluding diaryl/α,β-unsaturated/α-hetero) is 1. The third-order valence-electron chi connectivity index (χ3n) is 7.12. The minimum atomic E-state index is -0.594. The molecule has 5 nitrogen and oxygen atoms in total. The molecule has 0 bridgehead atoms. The van der Waals surface area contributed by atoms with E-state index in [4.69, 9.17) is 27.9 Å². The lowest BCUT2D eigenvalue weighted by Gasteiger charge is -2.28. The summed E-state index contributed by atoms with van der Waals surface area (Å²) >= 11 is 12.4. The lowest BCUT2D eigenvalue weighted by atomic mass is 9.79. The van der Waals surface area contributed by atoms with E-state index in [1.807, 2.05) is 73.8 Å². The largest absolute Gasteiger partial charge is 0.466 e. The maximum absolute atomic E-state index is 13.8. The van der Waals surface area contributed by atoms with Gasteiger partial charge in [-0.15, -0.1) is 0 Å². The number of halogens is 2. The molecule has 1 aromatic heterocycles. The van der Waals surface area contributed by atoms with E-state index < -0.39 is 11.9 Å². The summed E-state index contributed by atoms with van der Waals surface area (Å²) in [5.41, 5.74) is 6.71. The number of hydrogen-bond donors (Lipinski definition) is 1. The summed E-state index contributed by atoms with van der Waals surface area (Å²) in [6.07, 6.45) is 2.03. The van der Waals surface area contributed by atoms with Gasteiger partial charge in [-0.25, -0.2) is 4.79 Å². The van der Waals surface area contributed by atoms with Crippen LogP contribution in [-0.4, -0.2) is 23.4 Å². The molecule has 0 amide bonds. The average molecular weight is 529 g/mol. The molecule has 1 atom stereocenters. The molecule has 3 aromatic carbocycles. The van der Waals surface area contributed by atoms with E-state index in [2.05, 4.69) is 9.88 Å². The predicted molar refractivity (Wildman–Crippen MR) is 146 cm³/mol. The van der Waals surface area contributed by atoms with Crippen LogP contribution in [0.15, 0.2) is 89.8 Å². The predicted octanol–water partition coefficient (Wildman–Crippen LogP) is 6.74. The van der Waals surface area contributed by atoms with Crippen LogP contribution in [0.25, 0.3) is 16.6 Å². The van der Waals surface area contributed by atoms with E-state index in [1.54, 1.807) is 6.07 Å². The van der Waals surface area contributed by atoms with E-state index in [0.717, 1.165) is 33.3 Å². The number of nitrogens with zero attached hydrogens (tertiary/aromatic N) is 1. The second kappa shape index (κ2) is 8.94. The average Bonchev–Trinajstić information content (AvgIpc) is 3.40. The van der Waals surface area contributed by atoms with Crippen molar-refractivity contribution in [2.45, 2.75) is 19.4 Å². The SMILES string of the molecule is COC(=O)C1=C(C)NC2=C(C(=O)c3ccccc32)[C@@H]1c1cn(Cc2ccc(Cl)c(Cl)c2)c2ccccc12. The molecule has 4 aromatic rings. The molecular weight excluding hydrogens is 507 g/mol. The number of dihydropyridines is 1. The Morgan fingerprint density at radius 2 is 1.73 bits per heavy atom. The van der Waals surface area contributed by atoms with Crippen LogP contribution >= 0.6 is 23.2 Å². The van der Waals surface area contributed by atoms with Crippen LogP contribution in [0.2, 0.25) is 10.0 Å². The Morgan fingerprint density at radius 1 is 1.00 bits per heavy atom. The number of nitrogens with one attached hydrogen (secondary N) is 1. The topological polar surface area (TPSA) is 60.3 Å². The number of esters is 1. The molecule has 0 saturated heterocycles. The highest BCUT2D eigenvalue weighted by atomic mass is 35.5. The Bertz CT molecular complexity index is 1700. The van der Waals surface area contributed by atoms with E-state index in [1.165, 1.54) is 7.11 Å². The van der Waals surface area contributed by atoms with Crippen molar-refractivity contribution in [2.75, 3.05) is 7.11 Å². The third kappa shape index (κ3) is 3.69. The molecule has 37 heavy (non-hydrogen) atoms. The van der Waals surface area contributed by atoms with Gasteiger partial charge in [0.2, 0.25) is 0 Å². The summed E-state index contributed by atoms with van der Waals surface area (Å²) in [4.78, 5) is 26.9. The number of ketones is 1. The van der Waals surface area contributed by atoms with Gasteiger partial charge in [-0.3, -0.25) is 4.79 Å². The number of ether oxygens (including phenoxy) is 1. The quantitative estimate of drug-likeness (QED) is 0.298. The number of carbonyl (C=O) groups is 2. The number of methoxy groups -OCH3 is 1. The van der Waals surface area contributed by atoms with Crippen LogP contribution in [0.5, 0.6) is 0 Å². The van der Waals surface area contributed by atoms with E-state index >= 15 is 0 Å². The van der Waals surface area contributed by atoms with Crippen molar-refractivity contribution in [1.82, 2.24) is 9.88 Å². The van der Waals surface area contributed by atoms with Gasteiger partial charge in [0.15, 0.2) is 5.78 Å². The van der Waals surface area contributed by atoms with Crippen LogP contribution in [0.1, 0.15) is 39.9 Å². The highest BCUT2D eigenvalue weighted by molar-refractivity contribution is 6.42. The van der Waals surface area contributed by atoms with Gasteiger partial charge in [-0.2, -0.15) is 0 Å². The molecule has 6 rings (SSSR count). The van der Waals surface area contributed by atoms with Crippen molar-refractivity contribution < 1.29 is 14.3 Å². The van der Waals surface area contributed by atoms with Crippen molar-refractivity contribution in [2.24, 2.45) is 0 Å². The zero-order valence-electron chi connectivity index (χ0n) is 20.1. The maximum atomic E-state index is 13.8. The molecule has 184 valence electrons. The summed E-state index contributed by atoms with van der Waals surface area (Å²) in [6.45, 7) is 2.39. The molecule has 1 N–H and O–H groups in total. The molecule has 0 unspecified atom stereocenters. The van der Waals surface area contributed by atoms with Crippen LogP contribution < -0.4 is 5.32 Å². The number of para-hydroxylation sites is 1. The second-order valence-electron chi connectivity index (χ2n) is 9.23. The number of rotatable bonds is 4. The Kier molecular flexibility index (Phi) is 5.70. The first-order valence-electron chi connectivity index (χ1n) is 11.8. The summed E-state index contributed by atoms with van der Waals surface area (Å²) in [5.74, 6) is -1.14. The number of carbonyl (C=O) groups excluding carboxylic acids is 2. The first-order valence-corrected chi connectivity index (χ1v) is 12.6. The first kappa shape index (κ1) is 23.6. The molecule has 0 fully saturated rings. The highest BCUT2D eigenvalue weighted by Gasteiger charge is 2.43. The number of fused-ring (bicyclic) bond motifs is 3. The Labute approximate surface area is 223 Å². The van der Waals surface area contributed by atoms with E-state index in [9.17, 15) is 9.59 Å². The number of hydrogen-bond acceptors (Lipinski definition) is 4. The molecule has 1 aliphatic carbocycles. The van der Waals surface area contributed by atoms with Crippen LogP contribution in [0, 0.1) is 0 Å². The highest BCUT2D eigenvalue weighted by Crippen LogP contribution is 2.48. The van der Waals surface area contributed by atoms with E-state index in [0.29, 0.717) is 39.0 Å². The van der Waals surface area contributed by atoms with Gasteiger partial charge in [0.25, 0.3) is 0 Å². The molecule has 2 heterocycles. The number of allylic oxidation sites excluding steroid dienone is 2. The fourth-order valence-corrected chi connectivity index (χ4v) is 5.81. The lowest BCUT2D eigenvalue weighted by molar-refractivity contribution is -0.136. The normalized spacial score (nSPS) is 16.6. The summed E-state index contributed by atoms with van der Waals surface area (Å²) < 4.78 is 7.32. The fraction of sp³-hybridized carbons (Fsp3) is 0.133. The van der Waals surface area contributed by atoms with Crippen molar-refractivity contribution in [1.29, 1.82) is 0 Å². The Morgan fingerprint density at radius 3 is 2.49 bits per heavy atom. The maximum Gasteiger partial charge on any atom is 0.336 e. The van der Waals surface area contributed by atoms with Gasteiger partial charge in [0.05, 0.1) is 34.3 Å². The smallest absolute Gasteiger partial charge is 0.336 e. The summed E-state index contributed by atoms with van der Waals surface area (Å²) in [7, 11) is 1.36. The molecule has 0 spiro atoms. The molecule has 0 saturated carbocycles. The lowest BCUT2D eigenvalue weighted by Crippen LogP contribution is -2.29. The molecule has 2 aliphatic rings. The monoisotopic (exact) mass is 528 g/mol. The zero-order valence-corrected chi connectivity index (χ0v) is 21.7. The third-order valence-corrected chi connectivity index (χ3v) is 7.86. The standard InChI is InChI=1S/C30H22Cl2N2O3/c1-16-25(30(36)37-2)26(27-28(33-16)19-8-3-4-9-20(19)29(27)35)21-15-34(24-10-6-5-7-18(21)24)14-17-11-12-22(31)23(32)13-17/h3-13,15,26,33H,14H2,1-2H3/t26-/m1/s1. The Hall–Kier alpha value is -3.80. The van der Waals surface area contributed by atoms with Crippen molar-refractivity contribution in [3.8, 4) is 0 Å². The van der Waals surface area contributed by atoms with Crippen molar-refractivity contribution in [3.63, 3.8) is 0 Å². The molecular formula is C30H22Cl2N2O3. The van der Waals surface area contributed by atoms with E-state index in [-0.39, 0.29) is 5.78 Å². The first-order chi connectivity index (χ1) is 17.9. The van der Waals surface area contributed by atoms with Gasteiger partial charge >= 0.3 is 5.97 Å². The van der Waals surface area contributed by atoms with Gasteiger partial charge in [-0.05, 0) is 36.2 Å². The number of aromatic nitrogens is 1. The molecule has 1 aliphatic heterocycles. The Balaban J connectivity index is 1.57. The van der Waals surface area contributed by atoms with Gasteiger partial charge in [0.1, 0.15) is 0 Å². The van der Waals surface area contributed by atoms with Gasteiger partial charge in [0, 0.05) is 46.0 Å². The number of benzene rings is 3. The minimum Gasteiger partial charge on any atom is -0.466 e. The van der Waals surface area contributed by atoms with Crippen LogP contribution in [-0.2, 0) is 16.1 Å². The van der Waals surface area contributed by atoms with Crippen molar-refractivity contribution in [3.05, 3.63) is 122 Å². The minimum absolute atomic E-state index is 0.0849. The fourth-order valence-electron chi connectivity index (χ4n) is 5.49. The summed E-state index contributed by atoms with van der Waals surface area (Å²) in [5, 5.41) is 5.29. The molecule has 7 heteroatoms. The van der Waals surface area contributed by atoms with Crippen molar-refractivity contribution >= 4 is 51.6 Å². The molecule has 0 radical (unpaired) electrons. The van der Waals surface area contributed by atoms with Crippen LogP contribution in [0.4, 0.5) is 0 Å². The summed E-state index contributed by atoms with van der Waals surface area (Å²) in [6, 6.07) is 21.1. The van der Waals surface area contributed by atoms with Crippen LogP contribution in [0.3, 0.4) is 0 Å². The second-order valence-corrected chi connectivity index (χ2v) is 10.0. The van der Waals surface area contributed by atoms with Gasteiger partial charge < -0.3 is 14.6 Å². The zero-order chi connectivity index (χ0) is 25.8. The van der Waals surface area contributed by atoms with Gasteiger partial charge in [-0.1, -0.05) is 71.7 Å².